The van der Waals surface area contributed by atoms with Crippen LogP contribution in [0.15, 0.2) is 40.0 Å². The molecule has 7 heteroatoms. The van der Waals surface area contributed by atoms with Crippen LogP contribution in [0, 0.1) is 19.8 Å². The molecule has 0 aliphatic heterocycles. The van der Waals surface area contributed by atoms with E-state index in [2.05, 4.69) is 28.7 Å². The lowest BCUT2D eigenvalue weighted by Crippen LogP contribution is -2.36. The third-order valence-electron chi connectivity index (χ3n) is 5.83. The number of thiophene rings is 1. The van der Waals surface area contributed by atoms with Gasteiger partial charge in [0.25, 0.3) is 5.56 Å². The lowest BCUT2D eigenvalue weighted by Gasteiger charge is -2.28. The van der Waals surface area contributed by atoms with Gasteiger partial charge >= 0.3 is 0 Å². The number of amides is 1. The fourth-order valence-corrected chi connectivity index (χ4v) is 5.80. The van der Waals surface area contributed by atoms with Crippen LogP contribution in [0.5, 0.6) is 0 Å². The van der Waals surface area contributed by atoms with Crippen LogP contribution in [-0.4, -0.2) is 15.5 Å². The minimum Gasteiger partial charge on any atom is -0.300 e. The molecule has 3 aromatic rings. The van der Waals surface area contributed by atoms with E-state index in [4.69, 9.17) is 0 Å². The van der Waals surface area contributed by atoms with Crippen molar-refractivity contribution in [1.82, 2.24) is 9.55 Å². The van der Waals surface area contributed by atoms with Gasteiger partial charge in [0.15, 0.2) is 5.13 Å². The van der Waals surface area contributed by atoms with E-state index in [0.717, 1.165) is 29.0 Å². The van der Waals surface area contributed by atoms with Crippen molar-refractivity contribution in [1.29, 1.82) is 0 Å². The second kappa shape index (κ2) is 9.27. The molecule has 1 aliphatic rings. The summed E-state index contributed by atoms with van der Waals surface area (Å²) in [4.78, 5) is 31.7. The first-order valence-electron chi connectivity index (χ1n) is 10.5. The van der Waals surface area contributed by atoms with Gasteiger partial charge in [0.05, 0.1) is 0 Å². The summed E-state index contributed by atoms with van der Waals surface area (Å²) in [5, 5.41) is 7.42. The smallest absolute Gasteiger partial charge is 0.252 e. The summed E-state index contributed by atoms with van der Waals surface area (Å²) in [5.74, 6) is 0.317. The molecule has 0 saturated heterocycles. The van der Waals surface area contributed by atoms with Crippen LogP contribution in [-0.2, 0) is 4.79 Å². The first-order valence-corrected chi connectivity index (χ1v) is 12.3. The molecule has 0 aromatic carbocycles. The Kier molecular flexibility index (Phi) is 6.49. The minimum atomic E-state index is -0.524. The Morgan fingerprint density at radius 3 is 2.63 bits per heavy atom. The summed E-state index contributed by atoms with van der Waals surface area (Å²) in [6, 6.07) is 5.27. The Morgan fingerprint density at radius 2 is 2.00 bits per heavy atom. The number of nitrogens with zero attached hydrogens (tertiary/aromatic N) is 2. The molecule has 1 amide bonds. The fourth-order valence-electron chi connectivity index (χ4n) is 4.38. The maximum Gasteiger partial charge on any atom is 0.252 e. The van der Waals surface area contributed by atoms with Gasteiger partial charge in [-0.25, -0.2) is 4.98 Å². The number of thiazole rings is 1. The number of aryl methyl sites for hydroxylation is 2. The van der Waals surface area contributed by atoms with E-state index in [-0.39, 0.29) is 11.5 Å². The number of anilines is 1. The minimum absolute atomic E-state index is 0.119. The molecule has 30 heavy (non-hydrogen) atoms. The predicted molar refractivity (Wildman–Crippen MR) is 124 cm³/mol. The van der Waals surface area contributed by atoms with Crippen molar-refractivity contribution in [3.8, 4) is 10.4 Å². The first-order chi connectivity index (χ1) is 14.5. The molecule has 158 valence electrons. The van der Waals surface area contributed by atoms with Crippen LogP contribution in [0.25, 0.3) is 10.4 Å². The molecule has 1 N–H and O–H groups in total. The standard InChI is InChI=1S/C23H27N3O2S2/c1-15-10-20(30-14-15)18-11-16(2)26(21(27)13-18)19(12-17-6-4-3-5-7-17)22(28)25-23-24-8-9-29-23/h8-11,13-14,17,19H,3-7,12H2,1-2H3,(H,24,25,28). The molecule has 3 aromatic heterocycles. The molecule has 0 spiro atoms. The van der Waals surface area contributed by atoms with Crippen molar-refractivity contribution < 1.29 is 4.79 Å². The topological polar surface area (TPSA) is 64.0 Å². The summed E-state index contributed by atoms with van der Waals surface area (Å²) in [5.41, 5.74) is 2.81. The molecule has 1 atom stereocenters. The van der Waals surface area contributed by atoms with Crippen LogP contribution in [0.3, 0.4) is 0 Å². The molecule has 1 fully saturated rings. The number of aromatic nitrogens is 2. The highest BCUT2D eigenvalue weighted by molar-refractivity contribution is 7.14. The van der Waals surface area contributed by atoms with Crippen LogP contribution >= 0.6 is 22.7 Å². The number of carbonyl (C=O) groups excluding carboxylic acids is 1. The van der Waals surface area contributed by atoms with Gasteiger partial charge in [0, 0.05) is 28.2 Å². The van der Waals surface area contributed by atoms with Crippen molar-refractivity contribution >= 4 is 33.7 Å². The molecular weight excluding hydrogens is 414 g/mol. The summed E-state index contributed by atoms with van der Waals surface area (Å²) in [6.45, 7) is 3.98. The summed E-state index contributed by atoms with van der Waals surface area (Å²) in [6.07, 6.45) is 8.29. The van der Waals surface area contributed by atoms with Gasteiger partial charge in [0.1, 0.15) is 6.04 Å². The number of rotatable bonds is 6. The molecular formula is C23H27N3O2S2. The number of pyridine rings is 1. The monoisotopic (exact) mass is 441 g/mol. The van der Waals surface area contributed by atoms with Crippen LogP contribution in [0.4, 0.5) is 5.13 Å². The molecule has 0 radical (unpaired) electrons. The Bertz CT molecular complexity index is 1060. The molecule has 1 saturated carbocycles. The van der Waals surface area contributed by atoms with E-state index in [1.165, 1.54) is 36.2 Å². The van der Waals surface area contributed by atoms with E-state index in [0.29, 0.717) is 17.5 Å². The van der Waals surface area contributed by atoms with E-state index in [1.54, 1.807) is 28.2 Å². The Hall–Kier alpha value is -2.25. The lowest BCUT2D eigenvalue weighted by atomic mass is 9.84. The van der Waals surface area contributed by atoms with E-state index in [9.17, 15) is 9.59 Å². The third-order valence-corrected chi connectivity index (χ3v) is 7.62. The van der Waals surface area contributed by atoms with Crippen molar-refractivity contribution in [3.05, 3.63) is 56.8 Å². The van der Waals surface area contributed by atoms with Gasteiger partial charge in [-0.1, -0.05) is 32.1 Å². The first kappa shape index (κ1) is 21.0. The molecule has 0 bridgehead atoms. The molecule has 1 unspecified atom stereocenters. The zero-order chi connectivity index (χ0) is 21.1. The number of hydrogen-bond acceptors (Lipinski definition) is 5. The average molecular weight is 442 g/mol. The number of carbonyl (C=O) groups is 1. The van der Waals surface area contributed by atoms with Crippen molar-refractivity contribution in [2.75, 3.05) is 5.32 Å². The predicted octanol–water partition coefficient (Wildman–Crippen LogP) is 5.80. The maximum atomic E-state index is 13.2. The van der Waals surface area contributed by atoms with Gasteiger partial charge in [0.2, 0.25) is 5.91 Å². The zero-order valence-corrected chi connectivity index (χ0v) is 19.0. The summed E-state index contributed by atoms with van der Waals surface area (Å²) in [7, 11) is 0. The maximum absolute atomic E-state index is 13.2. The van der Waals surface area contributed by atoms with E-state index < -0.39 is 6.04 Å². The Balaban J connectivity index is 1.68. The largest absolute Gasteiger partial charge is 0.300 e. The van der Waals surface area contributed by atoms with Crippen LogP contribution in [0.1, 0.15) is 55.8 Å². The van der Waals surface area contributed by atoms with Gasteiger partial charge in [-0.15, -0.1) is 22.7 Å². The van der Waals surface area contributed by atoms with Crippen molar-refractivity contribution in [3.63, 3.8) is 0 Å². The summed E-state index contributed by atoms with van der Waals surface area (Å²) >= 11 is 3.03. The normalized spacial score (nSPS) is 15.8. The van der Waals surface area contributed by atoms with E-state index in [1.807, 2.05) is 18.4 Å². The second-order valence-corrected chi connectivity index (χ2v) is 9.97. The quantitative estimate of drug-likeness (QED) is 0.526. The van der Waals surface area contributed by atoms with Crippen molar-refractivity contribution in [2.45, 2.75) is 58.4 Å². The summed E-state index contributed by atoms with van der Waals surface area (Å²) < 4.78 is 1.68. The van der Waals surface area contributed by atoms with Gasteiger partial charge in [-0.05, 0) is 54.8 Å². The fraction of sp³-hybridized carbons (Fsp3) is 0.435. The van der Waals surface area contributed by atoms with E-state index >= 15 is 0 Å². The van der Waals surface area contributed by atoms with Crippen molar-refractivity contribution in [2.24, 2.45) is 5.92 Å². The lowest BCUT2D eigenvalue weighted by molar-refractivity contribution is -0.120. The van der Waals surface area contributed by atoms with Gasteiger partial charge < -0.3 is 9.88 Å². The Labute approximate surface area is 184 Å². The van der Waals surface area contributed by atoms with Gasteiger partial charge in [-0.2, -0.15) is 0 Å². The third kappa shape index (κ3) is 4.73. The average Bonchev–Trinajstić information content (AvgIpc) is 3.39. The molecule has 3 heterocycles. The van der Waals surface area contributed by atoms with Crippen LogP contribution in [0.2, 0.25) is 0 Å². The zero-order valence-electron chi connectivity index (χ0n) is 17.4. The highest BCUT2D eigenvalue weighted by Crippen LogP contribution is 2.33. The SMILES string of the molecule is Cc1csc(-c2cc(C)n(C(CC3CCCCC3)C(=O)Nc3nccs3)c(=O)c2)c1. The highest BCUT2D eigenvalue weighted by atomic mass is 32.1. The number of hydrogen-bond donors (Lipinski definition) is 1. The Morgan fingerprint density at radius 1 is 1.20 bits per heavy atom. The highest BCUT2D eigenvalue weighted by Gasteiger charge is 2.28. The molecule has 5 nitrogen and oxygen atoms in total. The second-order valence-electron chi connectivity index (χ2n) is 8.16. The molecule has 1 aliphatic carbocycles. The van der Waals surface area contributed by atoms with Crippen LogP contribution < -0.4 is 10.9 Å². The van der Waals surface area contributed by atoms with Gasteiger partial charge in [-0.3, -0.25) is 9.59 Å². The molecule has 4 rings (SSSR count). The number of nitrogens with one attached hydrogen (secondary N) is 1.